The second-order valence-electron chi connectivity index (χ2n) is 5.03. The molecule has 0 fully saturated rings. The monoisotopic (exact) mass is 256 g/mol. The molecule has 0 aromatic rings. The Morgan fingerprint density at radius 1 is 1.47 bits per heavy atom. The van der Waals surface area contributed by atoms with Gasteiger partial charge >= 0.3 is 0 Å². The van der Waals surface area contributed by atoms with Crippen molar-refractivity contribution < 1.29 is 9.59 Å². The Kier molecular flexibility index (Phi) is 2.93. The van der Waals surface area contributed by atoms with Crippen molar-refractivity contribution in [3.05, 3.63) is 35.1 Å². The molecule has 19 heavy (non-hydrogen) atoms. The number of hydrogen-bond donors (Lipinski definition) is 1. The molecular formula is C15H16N2O2. The van der Waals surface area contributed by atoms with Gasteiger partial charge in [-0.05, 0) is 37.0 Å². The minimum absolute atomic E-state index is 0.0199. The number of fused-ring (bicyclic) bond motifs is 2. The van der Waals surface area contributed by atoms with E-state index in [9.17, 15) is 9.59 Å². The number of hydrogen-bond acceptors (Lipinski definition) is 2. The van der Waals surface area contributed by atoms with Crippen molar-refractivity contribution in [2.75, 3.05) is 0 Å². The Labute approximate surface area is 112 Å². The molecule has 3 rings (SSSR count). The lowest BCUT2D eigenvalue weighted by atomic mass is 9.85. The van der Waals surface area contributed by atoms with Crippen molar-refractivity contribution >= 4 is 17.5 Å². The van der Waals surface area contributed by atoms with Gasteiger partial charge in [-0.1, -0.05) is 13.0 Å². The Hall–Kier alpha value is -1.97. The van der Waals surface area contributed by atoms with Crippen LogP contribution < -0.4 is 5.32 Å². The Morgan fingerprint density at radius 3 is 3.11 bits per heavy atom. The van der Waals surface area contributed by atoms with E-state index in [2.05, 4.69) is 10.3 Å². The van der Waals surface area contributed by atoms with Crippen LogP contribution in [0, 0.1) is 5.92 Å². The largest absolute Gasteiger partial charge is 0.325 e. The molecule has 0 aromatic heterocycles. The summed E-state index contributed by atoms with van der Waals surface area (Å²) >= 11 is 0. The van der Waals surface area contributed by atoms with E-state index in [1.165, 1.54) is 5.57 Å². The maximum atomic E-state index is 12.0. The van der Waals surface area contributed by atoms with E-state index in [-0.39, 0.29) is 17.7 Å². The predicted molar refractivity (Wildman–Crippen MR) is 72.5 cm³/mol. The van der Waals surface area contributed by atoms with Gasteiger partial charge in [0.05, 0.1) is 5.71 Å². The summed E-state index contributed by atoms with van der Waals surface area (Å²) in [6, 6.07) is 0. The van der Waals surface area contributed by atoms with Gasteiger partial charge in [0.1, 0.15) is 0 Å². The highest BCUT2D eigenvalue weighted by Crippen LogP contribution is 2.39. The molecule has 1 heterocycles. The summed E-state index contributed by atoms with van der Waals surface area (Å²) in [5.41, 5.74) is 3.68. The van der Waals surface area contributed by atoms with Gasteiger partial charge in [0.2, 0.25) is 5.91 Å². The second kappa shape index (κ2) is 4.61. The highest BCUT2D eigenvalue weighted by atomic mass is 16.2. The van der Waals surface area contributed by atoms with Crippen LogP contribution in [0.15, 0.2) is 40.1 Å². The average Bonchev–Trinajstić information content (AvgIpc) is 2.88. The van der Waals surface area contributed by atoms with Crippen molar-refractivity contribution in [3.63, 3.8) is 0 Å². The van der Waals surface area contributed by atoms with E-state index in [0.717, 1.165) is 30.5 Å². The van der Waals surface area contributed by atoms with Gasteiger partial charge < -0.3 is 5.32 Å². The molecule has 1 unspecified atom stereocenters. The number of nitrogens with zero attached hydrogens (tertiary/aromatic N) is 1. The van der Waals surface area contributed by atoms with Gasteiger partial charge in [-0.25, -0.2) is 4.99 Å². The van der Waals surface area contributed by atoms with Gasteiger partial charge in [-0.15, -0.1) is 0 Å². The highest BCUT2D eigenvalue weighted by Gasteiger charge is 2.34. The van der Waals surface area contributed by atoms with E-state index in [1.54, 1.807) is 6.92 Å². The molecule has 1 aliphatic heterocycles. The van der Waals surface area contributed by atoms with Gasteiger partial charge in [0.15, 0.2) is 0 Å². The van der Waals surface area contributed by atoms with E-state index >= 15 is 0 Å². The maximum absolute atomic E-state index is 12.0. The topological polar surface area (TPSA) is 58.5 Å². The molecular weight excluding hydrogens is 240 g/mol. The van der Waals surface area contributed by atoms with E-state index < -0.39 is 0 Å². The summed E-state index contributed by atoms with van der Waals surface area (Å²) in [7, 11) is 0. The normalized spacial score (nSPS) is 27.0. The summed E-state index contributed by atoms with van der Waals surface area (Å²) in [5.74, 6) is 0.0511. The molecule has 0 radical (unpaired) electrons. The zero-order chi connectivity index (χ0) is 13.4. The zero-order valence-electron chi connectivity index (χ0n) is 10.9. The van der Waals surface area contributed by atoms with Crippen molar-refractivity contribution in [1.82, 2.24) is 5.32 Å². The SMILES string of the molecule is CCC(=O)N=C1C=CC2C(=C1)NC(=O)C1=C2CCC1. The zero-order valence-corrected chi connectivity index (χ0v) is 10.9. The third kappa shape index (κ3) is 2.07. The third-order valence-corrected chi connectivity index (χ3v) is 3.82. The van der Waals surface area contributed by atoms with Gasteiger partial charge in [0.25, 0.3) is 5.91 Å². The highest BCUT2D eigenvalue weighted by molar-refractivity contribution is 6.11. The van der Waals surface area contributed by atoms with E-state index in [0.29, 0.717) is 12.1 Å². The summed E-state index contributed by atoms with van der Waals surface area (Å²) < 4.78 is 0. The van der Waals surface area contributed by atoms with Crippen LogP contribution in [0.2, 0.25) is 0 Å². The molecule has 0 aromatic carbocycles. The molecule has 0 bridgehead atoms. The first-order valence-corrected chi connectivity index (χ1v) is 6.73. The van der Waals surface area contributed by atoms with E-state index in [1.807, 2.05) is 18.2 Å². The molecule has 2 amide bonds. The smallest absolute Gasteiger partial charge is 0.251 e. The molecule has 0 spiro atoms. The van der Waals surface area contributed by atoms with Crippen LogP contribution in [0.3, 0.4) is 0 Å². The molecule has 4 heteroatoms. The van der Waals surface area contributed by atoms with Crippen LogP contribution in [0.5, 0.6) is 0 Å². The van der Waals surface area contributed by atoms with Crippen LogP contribution in [0.4, 0.5) is 0 Å². The van der Waals surface area contributed by atoms with Crippen LogP contribution in [0.1, 0.15) is 32.6 Å². The summed E-state index contributed by atoms with van der Waals surface area (Å²) in [6.07, 6.45) is 9.07. The fourth-order valence-corrected chi connectivity index (χ4v) is 2.88. The minimum Gasteiger partial charge on any atom is -0.325 e. The number of nitrogens with one attached hydrogen (secondary N) is 1. The number of carbonyl (C=O) groups is 2. The Bertz CT molecular complexity index is 579. The van der Waals surface area contributed by atoms with Gasteiger partial charge in [-0.3, -0.25) is 9.59 Å². The van der Waals surface area contributed by atoms with E-state index in [4.69, 9.17) is 0 Å². The molecule has 3 aliphatic rings. The second-order valence-corrected chi connectivity index (χ2v) is 5.03. The first-order chi connectivity index (χ1) is 9.19. The van der Waals surface area contributed by atoms with Crippen molar-refractivity contribution in [2.45, 2.75) is 32.6 Å². The lowest BCUT2D eigenvalue weighted by molar-refractivity contribution is -0.118. The summed E-state index contributed by atoms with van der Waals surface area (Å²) in [5, 5.41) is 2.93. The van der Waals surface area contributed by atoms with Crippen LogP contribution in [-0.2, 0) is 9.59 Å². The standard InChI is InChI=1S/C15H16N2O2/c1-2-14(18)16-9-6-7-11-10-4-3-5-12(10)15(19)17-13(11)8-9/h6-8,11H,2-5H2,1H3,(H,17,19). The van der Waals surface area contributed by atoms with Crippen molar-refractivity contribution in [2.24, 2.45) is 10.9 Å². The fourth-order valence-electron chi connectivity index (χ4n) is 2.88. The van der Waals surface area contributed by atoms with Crippen LogP contribution in [-0.4, -0.2) is 17.5 Å². The van der Waals surface area contributed by atoms with Crippen LogP contribution >= 0.6 is 0 Å². The number of allylic oxidation sites excluding steroid dienone is 3. The third-order valence-electron chi connectivity index (χ3n) is 3.82. The first-order valence-electron chi connectivity index (χ1n) is 6.73. The predicted octanol–water partition coefficient (Wildman–Crippen LogP) is 2.04. The first kappa shape index (κ1) is 12.1. The molecule has 98 valence electrons. The molecule has 4 nitrogen and oxygen atoms in total. The number of rotatable bonds is 1. The lowest BCUT2D eigenvalue weighted by Crippen LogP contribution is -2.35. The molecule has 0 saturated carbocycles. The quantitative estimate of drug-likeness (QED) is 0.780. The lowest BCUT2D eigenvalue weighted by Gasteiger charge is -2.28. The Balaban J connectivity index is 1.94. The summed E-state index contributed by atoms with van der Waals surface area (Å²) in [6.45, 7) is 1.78. The molecule has 1 atom stereocenters. The van der Waals surface area contributed by atoms with Gasteiger partial charge in [-0.2, -0.15) is 0 Å². The van der Waals surface area contributed by atoms with Gasteiger partial charge in [0, 0.05) is 23.6 Å². The molecule has 0 saturated heterocycles. The maximum Gasteiger partial charge on any atom is 0.251 e. The summed E-state index contributed by atoms with van der Waals surface area (Å²) in [4.78, 5) is 27.3. The van der Waals surface area contributed by atoms with Crippen molar-refractivity contribution in [3.8, 4) is 0 Å². The molecule has 1 N–H and O–H groups in total. The Morgan fingerprint density at radius 2 is 2.32 bits per heavy atom. The average molecular weight is 256 g/mol. The number of carbonyl (C=O) groups excluding carboxylic acids is 2. The fraction of sp³-hybridized carbons (Fsp3) is 0.400. The minimum atomic E-state index is -0.141. The van der Waals surface area contributed by atoms with Crippen molar-refractivity contribution in [1.29, 1.82) is 0 Å². The molecule has 2 aliphatic carbocycles. The van der Waals surface area contributed by atoms with Crippen LogP contribution in [0.25, 0.3) is 0 Å². The number of amides is 2. The number of aliphatic imine (C=N–C) groups is 1.